The van der Waals surface area contributed by atoms with E-state index in [9.17, 15) is 14.4 Å². The molecule has 1 aliphatic rings. The predicted octanol–water partition coefficient (Wildman–Crippen LogP) is 4.86. The smallest absolute Gasteiger partial charge is 0.348 e. The lowest BCUT2D eigenvalue weighted by Crippen LogP contribution is -2.28. The first-order valence-corrected chi connectivity index (χ1v) is 11.8. The molecular weight excluding hydrogens is 450 g/mol. The van der Waals surface area contributed by atoms with Crippen molar-refractivity contribution in [3.63, 3.8) is 0 Å². The Labute approximate surface area is 194 Å². The molecule has 0 spiro atoms. The summed E-state index contributed by atoms with van der Waals surface area (Å²) < 4.78 is 6.91. The van der Waals surface area contributed by atoms with Crippen LogP contribution in [0.25, 0.3) is 10.2 Å². The molecule has 1 amide bonds. The molecule has 32 heavy (non-hydrogen) atoms. The van der Waals surface area contributed by atoms with Crippen LogP contribution in [0.1, 0.15) is 52.9 Å². The maximum Gasteiger partial charge on any atom is 0.348 e. The molecule has 0 radical (unpaired) electrons. The number of amides is 1. The van der Waals surface area contributed by atoms with Gasteiger partial charge < -0.3 is 10.1 Å². The van der Waals surface area contributed by atoms with E-state index in [1.807, 2.05) is 6.92 Å². The second kappa shape index (κ2) is 9.42. The van der Waals surface area contributed by atoms with Crippen molar-refractivity contribution < 1.29 is 14.3 Å². The molecule has 0 saturated heterocycles. The fourth-order valence-electron chi connectivity index (χ4n) is 3.88. The average Bonchev–Trinajstić information content (AvgIpc) is 3.11. The summed E-state index contributed by atoms with van der Waals surface area (Å²) in [4.78, 5) is 43.4. The Morgan fingerprint density at radius 3 is 2.72 bits per heavy atom. The SMILES string of the molecule is Cc1ccc(NC(=O)Cn2cnc3sc(C(=O)OC4CCCCC4)c(C)c3c2=O)cc1Cl. The quantitative estimate of drug-likeness (QED) is 0.534. The van der Waals surface area contributed by atoms with Crippen LogP contribution in [0, 0.1) is 13.8 Å². The van der Waals surface area contributed by atoms with Crippen molar-refractivity contribution in [2.45, 2.75) is 58.6 Å². The maximum absolute atomic E-state index is 13.0. The van der Waals surface area contributed by atoms with Crippen LogP contribution in [0.3, 0.4) is 0 Å². The Hall–Kier alpha value is -2.71. The Kier molecular flexibility index (Phi) is 6.62. The van der Waals surface area contributed by atoms with Crippen LogP contribution in [-0.4, -0.2) is 27.5 Å². The molecule has 0 bridgehead atoms. The van der Waals surface area contributed by atoms with Gasteiger partial charge in [-0.1, -0.05) is 24.1 Å². The van der Waals surface area contributed by atoms with Gasteiger partial charge >= 0.3 is 5.97 Å². The van der Waals surface area contributed by atoms with E-state index >= 15 is 0 Å². The summed E-state index contributed by atoms with van der Waals surface area (Å²) in [6.07, 6.45) is 6.32. The number of fused-ring (bicyclic) bond motifs is 1. The first kappa shape index (κ1) is 22.5. The number of ether oxygens (including phenoxy) is 1. The Bertz CT molecular complexity index is 1240. The summed E-state index contributed by atoms with van der Waals surface area (Å²) >= 11 is 7.26. The van der Waals surface area contributed by atoms with Gasteiger partial charge in [-0.15, -0.1) is 11.3 Å². The predicted molar refractivity (Wildman–Crippen MR) is 126 cm³/mol. The van der Waals surface area contributed by atoms with Gasteiger partial charge in [-0.2, -0.15) is 0 Å². The molecule has 3 aromatic rings. The molecule has 1 aliphatic carbocycles. The molecule has 0 unspecified atom stereocenters. The van der Waals surface area contributed by atoms with Crippen LogP contribution in [0.15, 0.2) is 29.3 Å². The molecular formula is C23H24ClN3O4S. The second-order valence-corrected chi connectivity index (χ2v) is 9.50. The number of esters is 1. The number of carbonyl (C=O) groups excluding carboxylic acids is 2. The van der Waals surface area contributed by atoms with Gasteiger partial charge in [-0.05, 0) is 62.8 Å². The molecule has 1 fully saturated rings. The molecule has 168 valence electrons. The van der Waals surface area contributed by atoms with Gasteiger partial charge in [0.15, 0.2) is 0 Å². The molecule has 1 saturated carbocycles. The third-order valence-electron chi connectivity index (χ3n) is 5.70. The van der Waals surface area contributed by atoms with Gasteiger partial charge in [0.25, 0.3) is 5.56 Å². The van der Waals surface area contributed by atoms with Crippen molar-refractivity contribution in [3.05, 3.63) is 55.9 Å². The van der Waals surface area contributed by atoms with Crippen LogP contribution < -0.4 is 10.9 Å². The van der Waals surface area contributed by atoms with E-state index in [1.165, 1.54) is 17.3 Å². The number of aromatic nitrogens is 2. The molecule has 1 aromatic carbocycles. The first-order valence-electron chi connectivity index (χ1n) is 10.6. The molecule has 0 atom stereocenters. The number of nitrogens with zero attached hydrogens (tertiary/aromatic N) is 2. The Morgan fingerprint density at radius 1 is 1.25 bits per heavy atom. The lowest BCUT2D eigenvalue weighted by Gasteiger charge is -2.21. The van der Waals surface area contributed by atoms with Crippen LogP contribution >= 0.6 is 22.9 Å². The maximum atomic E-state index is 13.0. The number of rotatable bonds is 5. The summed E-state index contributed by atoms with van der Waals surface area (Å²) in [5, 5.41) is 3.63. The number of halogens is 1. The zero-order valence-corrected chi connectivity index (χ0v) is 19.5. The lowest BCUT2D eigenvalue weighted by atomic mass is 9.98. The third kappa shape index (κ3) is 4.71. The number of hydrogen-bond donors (Lipinski definition) is 1. The standard InChI is InChI=1S/C23H24ClN3O4S/c1-13-8-9-15(10-17(13)24)26-18(28)11-27-12-25-21-19(22(27)29)14(2)20(32-21)23(30)31-16-6-4-3-5-7-16/h8-10,12,16H,3-7,11H2,1-2H3,(H,26,28). The summed E-state index contributed by atoms with van der Waals surface area (Å²) in [5.41, 5.74) is 1.63. The number of nitrogens with one attached hydrogen (secondary N) is 1. The molecule has 9 heteroatoms. The van der Waals surface area contributed by atoms with E-state index in [2.05, 4.69) is 10.3 Å². The van der Waals surface area contributed by atoms with Gasteiger partial charge in [-0.25, -0.2) is 9.78 Å². The highest BCUT2D eigenvalue weighted by Gasteiger charge is 2.24. The molecule has 7 nitrogen and oxygen atoms in total. The number of hydrogen-bond acceptors (Lipinski definition) is 6. The fraction of sp³-hybridized carbons (Fsp3) is 0.391. The minimum atomic E-state index is -0.405. The Balaban J connectivity index is 1.53. The van der Waals surface area contributed by atoms with E-state index in [0.29, 0.717) is 31.4 Å². The summed E-state index contributed by atoms with van der Waals surface area (Å²) in [5.74, 6) is -0.782. The van der Waals surface area contributed by atoms with Gasteiger partial charge in [0.2, 0.25) is 5.91 Å². The molecule has 1 N–H and O–H groups in total. The van der Waals surface area contributed by atoms with Gasteiger partial charge in [0.05, 0.1) is 11.7 Å². The van der Waals surface area contributed by atoms with E-state index in [-0.39, 0.29) is 24.1 Å². The van der Waals surface area contributed by atoms with E-state index in [4.69, 9.17) is 16.3 Å². The van der Waals surface area contributed by atoms with Crippen molar-refractivity contribution in [1.82, 2.24) is 9.55 Å². The monoisotopic (exact) mass is 473 g/mol. The fourth-order valence-corrected chi connectivity index (χ4v) is 5.08. The topological polar surface area (TPSA) is 90.3 Å². The second-order valence-electron chi connectivity index (χ2n) is 8.09. The van der Waals surface area contributed by atoms with Crippen molar-refractivity contribution in [3.8, 4) is 0 Å². The first-order chi connectivity index (χ1) is 15.3. The molecule has 2 aromatic heterocycles. The lowest BCUT2D eigenvalue weighted by molar-refractivity contribution is -0.116. The van der Waals surface area contributed by atoms with Crippen LogP contribution in [-0.2, 0) is 16.1 Å². The highest BCUT2D eigenvalue weighted by atomic mass is 35.5. The number of benzene rings is 1. The van der Waals surface area contributed by atoms with E-state index in [0.717, 1.165) is 42.6 Å². The normalized spacial score (nSPS) is 14.5. The number of anilines is 1. The zero-order valence-electron chi connectivity index (χ0n) is 17.9. The average molecular weight is 474 g/mol. The van der Waals surface area contributed by atoms with E-state index < -0.39 is 5.97 Å². The summed E-state index contributed by atoms with van der Waals surface area (Å²) in [6, 6.07) is 5.21. The van der Waals surface area contributed by atoms with Crippen LogP contribution in [0.2, 0.25) is 5.02 Å². The van der Waals surface area contributed by atoms with Crippen molar-refractivity contribution in [2.24, 2.45) is 0 Å². The van der Waals surface area contributed by atoms with Crippen LogP contribution in [0.5, 0.6) is 0 Å². The minimum absolute atomic E-state index is 0.0653. The highest BCUT2D eigenvalue weighted by molar-refractivity contribution is 7.20. The van der Waals surface area contributed by atoms with Gasteiger partial charge in [0.1, 0.15) is 22.4 Å². The molecule has 2 heterocycles. The highest BCUT2D eigenvalue weighted by Crippen LogP contribution is 2.29. The third-order valence-corrected chi connectivity index (χ3v) is 7.29. The summed E-state index contributed by atoms with van der Waals surface area (Å²) in [6.45, 7) is 3.39. The van der Waals surface area contributed by atoms with Gasteiger partial charge in [-0.3, -0.25) is 14.2 Å². The minimum Gasteiger partial charge on any atom is -0.458 e. The van der Waals surface area contributed by atoms with Crippen molar-refractivity contribution >= 4 is 50.7 Å². The Morgan fingerprint density at radius 2 is 2.00 bits per heavy atom. The number of aryl methyl sites for hydroxylation is 2. The van der Waals surface area contributed by atoms with Gasteiger partial charge in [0, 0.05) is 10.7 Å². The zero-order chi connectivity index (χ0) is 22.8. The van der Waals surface area contributed by atoms with E-state index in [1.54, 1.807) is 25.1 Å². The van der Waals surface area contributed by atoms with Crippen molar-refractivity contribution in [2.75, 3.05) is 5.32 Å². The molecule has 0 aliphatic heterocycles. The number of carbonyl (C=O) groups is 2. The summed E-state index contributed by atoms with van der Waals surface area (Å²) in [7, 11) is 0. The largest absolute Gasteiger partial charge is 0.458 e. The van der Waals surface area contributed by atoms with Crippen LogP contribution in [0.4, 0.5) is 5.69 Å². The number of thiophene rings is 1. The van der Waals surface area contributed by atoms with Crippen molar-refractivity contribution in [1.29, 1.82) is 0 Å². The molecule has 4 rings (SSSR count).